The Bertz CT molecular complexity index is 167. The van der Waals surface area contributed by atoms with Crippen molar-refractivity contribution >= 4 is 21.2 Å². The molecule has 2 N–H and O–H groups in total. The van der Waals surface area contributed by atoms with E-state index in [2.05, 4.69) is 15.2 Å². The molecule has 1 rings (SSSR count). The zero-order valence-electron chi connectivity index (χ0n) is 4.26. The molecule has 0 saturated carbocycles. The Hall–Kier alpha value is -0.833. The van der Waals surface area contributed by atoms with Gasteiger partial charge in [0.2, 0.25) is 0 Å². The smallest absolute Gasteiger partial charge is 0.102 e. The highest BCUT2D eigenvalue weighted by Gasteiger charge is 1.86. The van der Waals surface area contributed by atoms with Crippen LogP contribution in [0, 0.1) is 0 Å². The lowest BCUT2D eigenvalue weighted by molar-refractivity contribution is 1.39. The Morgan fingerprint density at radius 1 is 1.62 bits per heavy atom. The van der Waals surface area contributed by atoms with E-state index in [4.69, 9.17) is 5.73 Å². The standard InChI is InChI=1S/C5H5N2Si/c6-4-2-1-3-7-5(4)8/h1-3H,6H2. The van der Waals surface area contributed by atoms with Gasteiger partial charge in [0.05, 0.1) is 0 Å². The van der Waals surface area contributed by atoms with Crippen LogP contribution in [0.15, 0.2) is 18.3 Å². The number of nitrogens with zero attached hydrogens (tertiary/aromatic N) is 1. The summed E-state index contributed by atoms with van der Waals surface area (Å²) in [7, 11) is 3.21. The van der Waals surface area contributed by atoms with Crippen molar-refractivity contribution in [2.75, 3.05) is 5.73 Å². The zero-order valence-corrected chi connectivity index (χ0v) is 5.26. The van der Waals surface area contributed by atoms with E-state index in [1.54, 1.807) is 18.3 Å². The van der Waals surface area contributed by atoms with Crippen LogP contribution < -0.4 is 11.1 Å². The van der Waals surface area contributed by atoms with Crippen LogP contribution in [0.25, 0.3) is 0 Å². The predicted octanol–water partition coefficient (Wildman–Crippen LogP) is -0.542. The van der Waals surface area contributed by atoms with Crippen LogP contribution in [0.1, 0.15) is 0 Å². The fourth-order valence-electron chi connectivity index (χ4n) is 0.418. The van der Waals surface area contributed by atoms with Crippen LogP contribution in [-0.4, -0.2) is 15.2 Å². The third-order valence-corrected chi connectivity index (χ3v) is 1.26. The van der Waals surface area contributed by atoms with E-state index in [9.17, 15) is 0 Å². The van der Waals surface area contributed by atoms with Gasteiger partial charge in [-0.3, -0.25) is 4.98 Å². The third-order valence-electron chi connectivity index (χ3n) is 0.839. The van der Waals surface area contributed by atoms with E-state index in [1.807, 2.05) is 0 Å². The highest BCUT2D eigenvalue weighted by molar-refractivity contribution is 6.33. The summed E-state index contributed by atoms with van der Waals surface area (Å²) in [5.41, 5.74) is 6.08. The molecule has 0 aliphatic rings. The van der Waals surface area contributed by atoms with Gasteiger partial charge >= 0.3 is 0 Å². The highest BCUT2D eigenvalue weighted by atomic mass is 28.1. The Kier molecular flexibility index (Phi) is 1.30. The quantitative estimate of drug-likeness (QED) is 0.468. The average Bonchev–Trinajstić information content (AvgIpc) is 1.77. The average molecular weight is 121 g/mol. The van der Waals surface area contributed by atoms with E-state index in [1.165, 1.54) is 0 Å². The van der Waals surface area contributed by atoms with Crippen LogP contribution in [0.3, 0.4) is 0 Å². The molecule has 0 bridgehead atoms. The van der Waals surface area contributed by atoms with Crippen molar-refractivity contribution in [1.82, 2.24) is 4.98 Å². The zero-order chi connectivity index (χ0) is 5.98. The fraction of sp³-hybridized carbons (Fsp3) is 0. The first kappa shape index (κ1) is 5.31. The van der Waals surface area contributed by atoms with E-state index in [0.717, 1.165) is 0 Å². The van der Waals surface area contributed by atoms with Gasteiger partial charge in [0, 0.05) is 17.2 Å². The number of rotatable bonds is 0. The minimum absolute atomic E-state index is 0.671. The maximum absolute atomic E-state index is 5.41. The number of hydrogen-bond donors (Lipinski definition) is 1. The van der Waals surface area contributed by atoms with Gasteiger partial charge in [0.1, 0.15) is 10.2 Å². The molecule has 0 saturated heterocycles. The fourth-order valence-corrected chi connectivity index (χ4v) is 0.576. The maximum Gasteiger partial charge on any atom is 0.102 e. The van der Waals surface area contributed by atoms with Crippen LogP contribution in [0.2, 0.25) is 0 Å². The van der Waals surface area contributed by atoms with Crippen LogP contribution in [-0.2, 0) is 0 Å². The number of nitrogen functional groups attached to an aromatic ring is 1. The summed E-state index contributed by atoms with van der Waals surface area (Å²) in [6, 6.07) is 3.58. The van der Waals surface area contributed by atoms with Gasteiger partial charge in [-0.25, -0.2) is 0 Å². The molecule has 0 aromatic carbocycles. The molecule has 0 amide bonds. The second-order valence-corrected chi connectivity index (χ2v) is 1.91. The van der Waals surface area contributed by atoms with Crippen molar-refractivity contribution in [3.05, 3.63) is 18.3 Å². The normalized spacial score (nSPS) is 9.12. The lowest BCUT2D eigenvalue weighted by atomic mass is 10.4. The van der Waals surface area contributed by atoms with Gasteiger partial charge in [0.15, 0.2) is 0 Å². The molecule has 0 aliphatic heterocycles. The SMILES string of the molecule is Nc1cccnc1[Si]. The van der Waals surface area contributed by atoms with Gasteiger partial charge in [-0.1, -0.05) is 0 Å². The van der Waals surface area contributed by atoms with Gasteiger partial charge in [-0.2, -0.15) is 0 Å². The Morgan fingerprint density at radius 3 is 2.75 bits per heavy atom. The molecule has 0 atom stereocenters. The van der Waals surface area contributed by atoms with Gasteiger partial charge in [-0.05, 0) is 12.1 Å². The second-order valence-electron chi connectivity index (χ2n) is 1.44. The Balaban J connectivity index is 3.13. The lowest BCUT2D eigenvalue weighted by Crippen LogP contribution is -2.12. The highest BCUT2D eigenvalue weighted by Crippen LogP contribution is 1.88. The number of pyridine rings is 1. The molecule has 0 spiro atoms. The summed E-state index contributed by atoms with van der Waals surface area (Å²) in [6.07, 6.45) is 1.68. The molecule has 3 radical (unpaired) electrons. The molecule has 39 valence electrons. The minimum atomic E-state index is 0.671. The van der Waals surface area contributed by atoms with E-state index < -0.39 is 0 Å². The molecule has 1 aromatic rings. The second kappa shape index (κ2) is 1.96. The monoisotopic (exact) mass is 121 g/mol. The molecule has 3 heteroatoms. The molecular formula is C5H5N2Si. The van der Waals surface area contributed by atoms with Crippen molar-refractivity contribution in [1.29, 1.82) is 0 Å². The van der Waals surface area contributed by atoms with Crippen molar-refractivity contribution in [3.63, 3.8) is 0 Å². The lowest BCUT2D eigenvalue weighted by Gasteiger charge is -1.92. The largest absolute Gasteiger partial charge is 0.398 e. The third kappa shape index (κ3) is 0.868. The first-order valence-corrected chi connectivity index (χ1v) is 2.73. The maximum atomic E-state index is 5.41. The molecule has 0 fully saturated rings. The first-order chi connectivity index (χ1) is 3.80. The molecule has 2 nitrogen and oxygen atoms in total. The summed E-state index contributed by atoms with van der Waals surface area (Å²) in [5.74, 6) is 0. The predicted molar refractivity (Wildman–Crippen MR) is 34.0 cm³/mol. The van der Waals surface area contributed by atoms with Crippen LogP contribution in [0.4, 0.5) is 5.69 Å². The van der Waals surface area contributed by atoms with Crippen molar-refractivity contribution in [2.24, 2.45) is 0 Å². The molecule has 1 heterocycles. The molecule has 8 heavy (non-hydrogen) atoms. The van der Waals surface area contributed by atoms with Crippen LogP contribution >= 0.6 is 0 Å². The first-order valence-electron chi connectivity index (χ1n) is 2.23. The summed E-state index contributed by atoms with van der Waals surface area (Å²) in [4.78, 5) is 3.87. The minimum Gasteiger partial charge on any atom is -0.398 e. The van der Waals surface area contributed by atoms with Crippen LogP contribution in [0.5, 0.6) is 0 Å². The van der Waals surface area contributed by atoms with Gasteiger partial charge < -0.3 is 5.73 Å². The number of aromatic nitrogens is 1. The number of nitrogens with two attached hydrogens (primary N) is 1. The summed E-state index contributed by atoms with van der Waals surface area (Å²) >= 11 is 0. The summed E-state index contributed by atoms with van der Waals surface area (Å²) < 4.78 is 0. The Morgan fingerprint density at radius 2 is 2.38 bits per heavy atom. The number of hydrogen-bond acceptors (Lipinski definition) is 2. The van der Waals surface area contributed by atoms with E-state index in [0.29, 0.717) is 11.0 Å². The molecule has 1 aromatic heterocycles. The van der Waals surface area contributed by atoms with E-state index in [-0.39, 0.29) is 0 Å². The van der Waals surface area contributed by atoms with Crippen molar-refractivity contribution < 1.29 is 0 Å². The molecule has 0 unspecified atom stereocenters. The van der Waals surface area contributed by atoms with E-state index >= 15 is 0 Å². The molecular weight excluding hydrogens is 116 g/mol. The summed E-state index contributed by atoms with van der Waals surface area (Å²) in [5, 5.41) is 0.701. The Labute approximate surface area is 51.2 Å². The number of anilines is 1. The van der Waals surface area contributed by atoms with Gasteiger partial charge in [0.25, 0.3) is 0 Å². The molecule has 0 aliphatic carbocycles. The van der Waals surface area contributed by atoms with Gasteiger partial charge in [-0.15, -0.1) is 0 Å². The van der Waals surface area contributed by atoms with Crippen molar-refractivity contribution in [2.45, 2.75) is 0 Å². The topological polar surface area (TPSA) is 38.9 Å². The summed E-state index contributed by atoms with van der Waals surface area (Å²) in [6.45, 7) is 0. The van der Waals surface area contributed by atoms with Crippen molar-refractivity contribution in [3.8, 4) is 0 Å².